The minimum absolute atomic E-state index is 0.403. The molecule has 19 heavy (non-hydrogen) atoms. The molecule has 1 heterocycles. The summed E-state index contributed by atoms with van der Waals surface area (Å²) in [6.45, 7) is 6.60. The molecule has 102 valence electrons. The van der Waals surface area contributed by atoms with E-state index < -0.39 is 0 Å². The Kier molecular flexibility index (Phi) is 4.43. The van der Waals surface area contributed by atoms with Crippen LogP contribution in [0.4, 0.5) is 5.69 Å². The van der Waals surface area contributed by atoms with Crippen LogP contribution in [0.25, 0.3) is 5.69 Å². The maximum atomic E-state index is 6.10. The molecule has 0 fully saturated rings. The summed E-state index contributed by atoms with van der Waals surface area (Å²) in [4.78, 5) is 3.99. The van der Waals surface area contributed by atoms with Crippen LogP contribution in [0.5, 0.6) is 0 Å². The molecule has 0 spiro atoms. The Balaban J connectivity index is 2.35. The van der Waals surface area contributed by atoms with Gasteiger partial charge in [0.15, 0.2) is 0 Å². The molecule has 0 bridgehead atoms. The Bertz CT molecular complexity index is 522. The highest BCUT2D eigenvalue weighted by Crippen LogP contribution is 2.26. The van der Waals surface area contributed by atoms with Crippen LogP contribution in [-0.4, -0.2) is 20.8 Å². The van der Waals surface area contributed by atoms with E-state index in [1.54, 1.807) is 11.0 Å². The highest BCUT2D eigenvalue weighted by atomic mass is 35.5. The number of nitrogens with one attached hydrogen (secondary N) is 1. The molecule has 0 aliphatic carbocycles. The van der Waals surface area contributed by atoms with Crippen molar-refractivity contribution in [3.8, 4) is 5.69 Å². The number of rotatable bonds is 5. The largest absolute Gasteiger partial charge is 0.380 e. The van der Waals surface area contributed by atoms with Gasteiger partial charge in [0, 0.05) is 11.1 Å². The lowest BCUT2D eigenvalue weighted by Crippen LogP contribution is -2.25. The fraction of sp³-hybridized carbons (Fsp3) is 0.429. The number of benzene rings is 1. The molecule has 5 heteroatoms. The second-order valence-electron chi connectivity index (χ2n) is 4.90. The molecule has 0 aliphatic heterocycles. The maximum Gasteiger partial charge on any atom is 0.138 e. The first-order chi connectivity index (χ1) is 9.11. The molecule has 1 N–H and O–H groups in total. The van der Waals surface area contributed by atoms with Gasteiger partial charge in [0.2, 0.25) is 0 Å². The molecule has 0 saturated heterocycles. The highest BCUT2D eigenvalue weighted by molar-refractivity contribution is 6.31. The van der Waals surface area contributed by atoms with Gasteiger partial charge in [-0.3, -0.25) is 0 Å². The summed E-state index contributed by atoms with van der Waals surface area (Å²) >= 11 is 6.10. The SMILES string of the molecule is CCC(Nc1cc(Cl)ccc1-n1cncn1)C(C)C. The fourth-order valence-electron chi connectivity index (χ4n) is 2.10. The Morgan fingerprint density at radius 1 is 1.37 bits per heavy atom. The molecule has 0 aliphatic rings. The molecule has 1 aromatic carbocycles. The van der Waals surface area contributed by atoms with Crippen LogP contribution in [0.2, 0.25) is 5.02 Å². The van der Waals surface area contributed by atoms with Crippen LogP contribution in [0.3, 0.4) is 0 Å². The third-order valence-corrected chi connectivity index (χ3v) is 3.44. The van der Waals surface area contributed by atoms with Gasteiger partial charge in [0.05, 0.1) is 11.4 Å². The highest BCUT2D eigenvalue weighted by Gasteiger charge is 2.14. The van der Waals surface area contributed by atoms with Crippen molar-refractivity contribution in [2.24, 2.45) is 5.92 Å². The third-order valence-electron chi connectivity index (χ3n) is 3.21. The quantitative estimate of drug-likeness (QED) is 0.905. The van der Waals surface area contributed by atoms with Gasteiger partial charge in [-0.15, -0.1) is 0 Å². The molecule has 0 amide bonds. The Morgan fingerprint density at radius 2 is 2.16 bits per heavy atom. The Hall–Kier alpha value is -1.55. The molecule has 0 saturated carbocycles. The van der Waals surface area contributed by atoms with Crippen molar-refractivity contribution in [1.29, 1.82) is 0 Å². The van der Waals surface area contributed by atoms with Crippen LogP contribution in [0.15, 0.2) is 30.9 Å². The number of halogens is 1. The van der Waals surface area contributed by atoms with Crippen molar-refractivity contribution >= 4 is 17.3 Å². The first-order valence-corrected chi connectivity index (χ1v) is 6.90. The number of anilines is 1. The number of nitrogens with zero attached hydrogens (tertiary/aromatic N) is 3. The molecule has 2 aromatic rings. The second-order valence-corrected chi connectivity index (χ2v) is 5.34. The van der Waals surface area contributed by atoms with Crippen LogP contribution < -0.4 is 5.32 Å². The molecule has 1 unspecified atom stereocenters. The molecule has 1 atom stereocenters. The summed E-state index contributed by atoms with van der Waals surface area (Å²) in [5, 5.41) is 8.44. The minimum atomic E-state index is 0.403. The maximum absolute atomic E-state index is 6.10. The van der Waals surface area contributed by atoms with Crippen LogP contribution in [0, 0.1) is 5.92 Å². The number of hydrogen-bond acceptors (Lipinski definition) is 3. The van der Waals surface area contributed by atoms with Gasteiger partial charge in [-0.2, -0.15) is 5.10 Å². The predicted octanol–water partition coefficient (Wildman–Crippen LogP) is 3.77. The molecule has 0 radical (unpaired) electrons. The van der Waals surface area contributed by atoms with Gasteiger partial charge >= 0.3 is 0 Å². The third kappa shape index (κ3) is 3.26. The normalized spacial score (nSPS) is 12.7. The molecule has 2 rings (SSSR count). The monoisotopic (exact) mass is 278 g/mol. The zero-order chi connectivity index (χ0) is 13.8. The van der Waals surface area contributed by atoms with Gasteiger partial charge in [0.1, 0.15) is 12.7 Å². The van der Waals surface area contributed by atoms with E-state index in [4.69, 9.17) is 11.6 Å². The first-order valence-electron chi connectivity index (χ1n) is 6.53. The molecular formula is C14H19ClN4. The summed E-state index contributed by atoms with van der Waals surface area (Å²) in [7, 11) is 0. The van der Waals surface area contributed by atoms with Crippen molar-refractivity contribution in [2.45, 2.75) is 33.2 Å². The second kappa shape index (κ2) is 6.06. The summed E-state index contributed by atoms with van der Waals surface area (Å²) in [5.74, 6) is 0.549. The summed E-state index contributed by atoms with van der Waals surface area (Å²) in [5.41, 5.74) is 1.94. The number of hydrogen-bond donors (Lipinski definition) is 1. The van der Waals surface area contributed by atoms with Crippen molar-refractivity contribution in [3.63, 3.8) is 0 Å². The summed E-state index contributed by atoms with van der Waals surface area (Å²) in [6, 6.07) is 6.15. The zero-order valence-electron chi connectivity index (χ0n) is 11.5. The van der Waals surface area contributed by atoms with Gasteiger partial charge in [0.25, 0.3) is 0 Å². The zero-order valence-corrected chi connectivity index (χ0v) is 12.2. The van der Waals surface area contributed by atoms with E-state index in [1.807, 2.05) is 18.2 Å². The lowest BCUT2D eigenvalue weighted by molar-refractivity contribution is 0.511. The minimum Gasteiger partial charge on any atom is -0.380 e. The van der Waals surface area contributed by atoms with Crippen LogP contribution in [0.1, 0.15) is 27.2 Å². The van der Waals surface area contributed by atoms with Gasteiger partial charge in [-0.05, 0) is 30.5 Å². The van der Waals surface area contributed by atoms with E-state index in [9.17, 15) is 0 Å². The van der Waals surface area contributed by atoms with Crippen LogP contribution >= 0.6 is 11.6 Å². The molecule has 4 nitrogen and oxygen atoms in total. The average molecular weight is 279 g/mol. The van der Waals surface area contributed by atoms with Crippen molar-refractivity contribution in [2.75, 3.05) is 5.32 Å². The van der Waals surface area contributed by atoms with E-state index in [2.05, 4.69) is 36.2 Å². The summed E-state index contributed by atoms with van der Waals surface area (Å²) < 4.78 is 1.74. The smallest absolute Gasteiger partial charge is 0.138 e. The van der Waals surface area contributed by atoms with Crippen LogP contribution in [-0.2, 0) is 0 Å². The average Bonchev–Trinajstić information content (AvgIpc) is 2.89. The summed E-state index contributed by atoms with van der Waals surface area (Å²) in [6.07, 6.45) is 4.27. The number of aromatic nitrogens is 3. The van der Waals surface area contributed by atoms with Gasteiger partial charge in [-0.25, -0.2) is 9.67 Å². The van der Waals surface area contributed by atoms with Crippen molar-refractivity contribution < 1.29 is 0 Å². The van der Waals surface area contributed by atoms with Crippen molar-refractivity contribution in [3.05, 3.63) is 35.9 Å². The molecular weight excluding hydrogens is 260 g/mol. The topological polar surface area (TPSA) is 42.7 Å². The van der Waals surface area contributed by atoms with Gasteiger partial charge in [-0.1, -0.05) is 32.4 Å². The first kappa shape index (κ1) is 13.9. The van der Waals surface area contributed by atoms with E-state index in [0.29, 0.717) is 17.0 Å². The van der Waals surface area contributed by atoms with E-state index in [0.717, 1.165) is 17.8 Å². The van der Waals surface area contributed by atoms with Gasteiger partial charge < -0.3 is 5.32 Å². The Labute approximate surface area is 118 Å². The standard InChI is InChI=1S/C14H19ClN4/c1-4-12(10(2)3)18-13-7-11(15)5-6-14(13)19-9-16-8-17-19/h5-10,12,18H,4H2,1-3H3. The van der Waals surface area contributed by atoms with Crippen molar-refractivity contribution in [1.82, 2.24) is 14.8 Å². The van der Waals surface area contributed by atoms with E-state index >= 15 is 0 Å². The van der Waals surface area contributed by atoms with E-state index in [-0.39, 0.29) is 0 Å². The lowest BCUT2D eigenvalue weighted by atomic mass is 10.0. The van der Waals surface area contributed by atoms with E-state index in [1.165, 1.54) is 6.33 Å². The fourth-order valence-corrected chi connectivity index (χ4v) is 2.27. The predicted molar refractivity (Wildman–Crippen MR) is 78.9 cm³/mol. The molecule has 1 aromatic heterocycles. The Morgan fingerprint density at radius 3 is 2.74 bits per heavy atom. The lowest BCUT2D eigenvalue weighted by Gasteiger charge is -2.23.